The summed E-state index contributed by atoms with van der Waals surface area (Å²) in [5, 5.41) is 4.93. The third-order valence-electron chi connectivity index (χ3n) is 2.43. The van der Waals surface area contributed by atoms with Gasteiger partial charge in [-0.05, 0) is 36.4 Å². The van der Waals surface area contributed by atoms with Crippen LogP contribution in [0.1, 0.15) is 10.4 Å². The molecule has 2 amide bonds. The quantitative estimate of drug-likeness (QED) is 0.830. The smallest absolute Gasteiger partial charge is 0.308 e. The molecule has 0 aliphatic heterocycles. The summed E-state index contributed by atoms with van der Waals surface area (Å²) in [6.07, 6.45) is 0.712. The highest BCUT2D eigenvalue weighted by Gasteiger charge is 2.06. The number of amides is 2. The third-order valence-corrected chi connectivity index (χ3v) is 2.43. The Morgan fingerprint density at radius 3 is 2.32 bits per heavy atom. The van der Waals surface area contributed by atoms with Gasteiger partial charge >= 0.3 is 6.03 Å². The average Bonchev–Trinajstić information content (AvgIpc) is 2.42. The number of benzene rings is 2. The Labute approximate surface area is 109 Å². The molecular weight excluding hydrogens is 247 g/mol. The number of rotatable bonds is 3. The first-order valence-electron chi connectivity index (χ1n) is 5.57. The molecule has 2 aromatic rings. The maximum Gasteiger partial charge on any atom is 0.323 e. The SMILES string of the molecule is O=Cc1ccc(NC(=O)Nc2ccccc2F)cc1. The molecule has 0 aliphatic rings. The standard InChI is InChI=1S/C14H11FN2O2/c15-12-3-1-2-4-13(12)17-14(19)16-11-7-5-10(9-18)6-8-11/h1-9H,(H2,16,17,19). The minimum Gasteiger partial charge on any atom is -0.308 e. The highest BCUT2D eigenvalue weighted by Crippen LogP contribution is 2.13. The summed E-state index contributed by atoms with van der Waals surface area (Å²) < 4.78 is 13.3. The number of aldehydes is 1. The summed E-state index contributed by atoms with van der Waals surface area (Å²) >= 11 is 0. The molecule has 2 aromatic carbocycles. The van der Waals surface area contributed by atoms with Gasteiger partial charge in [0.05, 0.1) is 5.69 Å². The second-order valence-electron chi connectivity index (χ2n) is 3.80. The van der Waals surface area contributed by atoms with Crippen LogP contribution in [0.25, 0.3) is 0 Å². The lowest BCUT2D eigenvalue weighted by molar-refractivity contribution is 0.112. The van der Waals surface area contributed by atoms with Crippen LogP contribution >= 0.6 is 0 Å². The van der Waals surface area contributed by atoms with Gasteiger partial charge in [0.25, 0.3) is 0 Å². The van der Waals surface area contributed by atoms with E-state index in [0.29, 0.717) is 17.5 Å². The second-order valence-corrected chi connectivity index (χ2v) is 3.80. The van der Waals surface area contributed by atoms with Crippen LogP contribution in [-0.4, -0.2) is 12.3 Å². The molecule has 96 valence electrons. The minimum atomic E-state index is -0.552. The number of nitrogens with one attached hydrogen (secondary N) is 2. The van der Waals surface area contributed by atoms with Crippen LogP contribution in [-0.2, 0) is 0 Å². The van der Waals surface area contributed by atoms with Gasteiger partial charge in [0.1, 0.15) is 12.1 Å². The third kappa shape index (κ3) is 3.38. The van der Waals surface area contributed by atoms with E-state index in [4.69, 9.17) is 0 Å². The van der Waals surface area contributed by atoms with Crippen LogP contribution in [0, 0.1) is 5.82 Å². The predicted octanol–water partition coefficient (Wildman–Crippen LogP) is 3.28. The van der Waals surface area contributed by atoms with Crippen molar-refractivity contribution in [3.63, 3.8) is 0 Å². The fourth-order valence-electron chi connectivity index (χ4n) is 1.49. The normalized spacial score (nSPS) is 9.74. The van der Waals surface area contributed by atoms with E-state index >= 15 is 0 Å². The van der Waals surface area contributed by atoms with Crippen molar-refractivity contribution in [3.8, 4) is 0 Å². The molecular formula is C14H11FN2O2. The molecule has 0 unspecified atom stereocenters. The molecule has 0 bridgehead atoms. The van der Waals surface area contributed by atoms with E-state index in [0.717, 1.165) is 0 Å². The van der Waals surface area contributed by atoms with Crippen molar-refractivity contribution in [2.75, 3.05) is 10.6 Å². The van der Waals surface area contributed by atoms with Gasteiger partial charge in [0.2, 0.25) is 0 Å². The number of anilines is 2. The summed E-state index contributed by atoms with van der Waals surface area (Å²) in [6, 6.07) is 11.7. The van der Waals surface area contributed by atoms with Gasteiger partial charge in [-0.25, -0.2) is 9.18 Å². The molecule has 0 heterocycles. The Hall–Kier alpha value is -2.69. The van der Waals surface area contributed by atoms with Crippen LogP contribution in [0.4, 0.5) is 20.6 Å². The molecule has 0 fully saturated rings. The molecule has 19 heavy (non-hydrogen) atoms. The fourth-order valence-corrected chi connectivity index (χ4v) is 1.49. The molecule has 5 heteroatoms. The summed E-state index contributed by atoms with van der Waals surface area (Å²) in [6.45, 7) is 0. The van der Waals surface area contributed by atoms with Gasteiger partial charge < -0.3 is 10.6 Å². The molecule has 2 rings (SSSR count). The first-order chi connectivity index (χ1) is 9.19. The maximum absolute atomic E-state index is 13.3. The van der Waals surface area contributed by atoms with Crippen molar-refractivity contribution in [2.24, 2.45) is 0 Å². The van der Waals surface area contributed by atoms with E-state index in [9.17, 15) is 14.0 Å². The summed E-state index contributed by atoms with van der Waals surface area (Å²) in [7, 11) is 0. The van der Waals surface area contributed by atoms with E-state index in [-0.39, 0.29) is 5.69 Å². The van der Waals surface area contributed by atoms with Crippen molar-refractivity contribution in [1.29, 1.82) is 0 Å². The lowest BCUT2D eigenvalue weighted by Gasteiger charge is -2.08. The monoisotopic (exact) mass is 258 g/mol. The number of carbonyl (C=O) groups excluding carboxylic acids is 2. The van der Waals surface area contributed by atoms with Gasteiger partial charge in [-0.2, -0.15) is 0 Å². The van der Waals surface area contributed by atoms with Gasteiger partial charge in [0.15, 0.2) is 0 Å². The zero-order valence-electron chi connectivity index (χ0n) is 9.89. The van der Waals surface area contributed by atoms with Crippen molar-refractivity contribution in [2.45, 2.75) is 0 Å². The molecule has 4 nitrogen and oxygen atoms in total. The van der Waals surface area contributed by atoms with E-state index in [1.54, 1.807) is 30.3 Å². The number of halogens is 1. The molecule has 2 N–H and O–H groups in total. The summed E-state index contributed by atoms with van der Waals surface area (Å²) in [5.41, 5.74) is 1.13. The van der Waals surface area contributed by atoms with E-state index in [2.05, 4.69) is 10.6 Å². The van der Waals surface area contributed by atoms with Gasteiger partial charge in [-0.1, -0.05) is 12.1 Å². The van der Waals surface area contributed by atoms with Crippen molar-refractivity contribution in [3.05, 3.63) is 59.9 Å². The Kier molecular flexibility index (Phi) is 3.87. The number of para-hydroxylation sites is 1. The number of urea groups is 1. The van der Waals surface area contributed by atoms with Crippen molar-refractivity contribution < 1.29 is 14.0 Å². The van der Waals surface area contributed by atoms with Crippen LogP contribution in [0.5, 0.6) is 0 Å². The first-order valence-corrected chi connectivity index (χ1v) is 5.57. The Morgan fingerprint density at radius 2 is 1.68 bits per heavy atom. The zero-order chi connectivity index (χ0) is 13.7. The Balaban J connectivity index is 2.01. The minimum absolute atomic E-state index is 0.101. The fraction of sp³-hybridized carbons (Fsp3) is 0. The van der Waals surface area contributed by atoms with Crippen LogP contribution in [0.3, 0.4) is 0 Å². The van der Waals surface area contributed by atoms with E-state index < -0.39 is 11.8 Å². The maximum atomic E-state index is 13.3. The number of carbonyl (C=O) groups is 2. The van der Waals surface area contributed by atoms with Gasteiger partial charge in [0, 0.05) is 11.3 Å². The topological polar surface area (TPSA) is 58.2 Å². The highest BCUT2D eigenvalue weighted by atomic mass is 19.1. The molecule has 0 spiro atoms. The first kappa shape index (κ1) is 12.8. The van der Waals surface area contributed by atoms with Gasteiger partial charge in [-0.15, -0.1) is 0 Å². The average molecular weight is 258 g/mol. The summed E-state index contributed by atoms with van der Waals surface area (Å²) in [4.78, 5) is 22.1. The van der Waals surface area contributed by atoms with Crippen LogP contribution in [0.15, 0.2) is 48.5 Å². The number of hydrogen-bond acceptors (Lipinski definition) is 2. The Bertz CT molecular complexity index is 597. The Morgan fingerprint density at radius 1 is 1.00 bits per heavy atom. The highest BCUT2D eigenvalue weighted by molar-refractivity contribution is 5.99. The lowest BCUT2D eigenvalue weighted by atomic mass is 10.2. The molecule has 0 radical (unpaired) electrons. The molecule has 0 atom stereocenters. The second kappa shape index (κ2) is 5.77. The number of hydrogen-bond donors (Lipinski definition) is 2. The largest absolute Gasteiger partial charge is 0.323 e. The molecule has 0 saturated carbocycles. The van der Waals surface area contributed by atoms with E-state index in [1.165, 1.54) is 18.2 Å². The lowest BCUT2D eigenvalue weighted by Crippen LogP contribution is -2.20. The summed E-state index contributed by atoms with van der Waals surface area (Å²) in [5.74, 6) is -0.506. The van der Waals surface area contributed by atoms with Crippen molar-refractivity contribution in [1.82, 2.24) is 0 Å². The zero-order valence-corrected chi connectivity index (χ0v) is 9.89. The van der Waals surface area contributed by atoms with Crippen LogP contribution in [0.2, 0.25) is 0 Å². The predicted molar refractivity (Wildman–Crippen MR) is 70.9 cm³/mol. The van der Waals surface area contributed by atoms with E-state index in [1.807, 2.05) is 0 Å². The molecule has 0 saturated heterocycles. The molecule has 0 aromatic heterocycles. The molecule has 0 aliphatic carbocycles. The van der Waals surface area contributed by atoms with Crippen molar-refractivity contribution >= 4 is 23.7 Å². The van der Waals surface area contributed by atoms with Gasteiger partial charge in [-0.3, -0.25) is 4.79 Å². The van der Waals surface area contributed by atoms with Crippen LogP contribution < -0.4 is 10.6 Å².